The van der Waals surface area contributed by atoms with E-state index in [1.807, 2.05) is 19.1 Å². The smallest absolute Gasteiger partial charge is 0.256 e. The summed E-state index contributed by atoms with van der Waals surface area (Å²) < 4.78 is 19.8. The second kappa shape index (κ2) is 11.5. The lowest BCUT2D eigenvalue weighted by atomic mass is 10.0. The second-order valence-corrected chi connectivity index (χ2v) is 10.2. The molecular weight excluding hydrogens is 511 g/mol. The summed E-state index contributed by atoms with van der Waals surface area (Å²) in [5, 5.41) is 13.9. The van der Waals surface area contributed by atoms with Gasteiger partial charge in [-0.3, -0.25) is 9.89 Å². The molecule has 12 heteroatoms. The zero-order chi connectivity index (χ0) is 26.6. The van der Waals surface area contributed by atoms with Crippen molar-refractivity contribution >= 4 is 40.9 Å². The molecule has 38 heavy (non-hydrogen) atoms. The number of aryl methyl sites for hydroxylation is 1. The Morgan fingerprint density at radius 2 is 2.00 bits per heavy atom. The standard InChI is InChI=1S/C26H32ClFN8O2/c1-16-13-22(34-33-16)30-21-14-23(36-10-4-5-18(36)15-38-2)32-26(31-21)29-17-8-11-35(12-9-17)25(37)19-6-3-7-20(27)24(19)28/h3,6-7,13-14,17-18H,4-5,8-12,15H2,1-2H3,(H3,29,30,31,32,33,34)/t18-/m1/s1. The zero-order valence-electron chi connectivity index (χ0n) is 21.5. The minimum Gasteiger partial charge on any atom is -0.383 e. The molecule has 3 N–H and O–H groups in total. The SMILES string of the molecule is COC[C@H]1CCCN1c1cc(Nc2cc(C)[nH]n2)nc(NC2CCN(C(=O)c3cccc(Cl)c3F)CC2)n1. The summed E-state index contributed by atoms with van der Waals surface area (Å²) >= 11 is 5.87. The number of carbonyl (C=O) groups is 1. The summed E-state index contributed by atoms with van der Waals surface area (Å²) in [4.78, 5) is 26.4. The first-order chi connectivity index (χ1) is 18.4. The molecule has 0 aliphatic carbocycles. The summed E-state index contributed by atoms with van der Waals surface area (Å²) in [7, 11) is 1.72. The highest BCUT2D eigenvalue weighted by Crippen LogP contribution is 2.29. The van der Waals surface area contributed by atoms with Crippen molar-refractivity contribution in [3.63, 3.8) is 0 Å². The molecule has 0 bridgehead atoms. The number of ether oxygens (including phenoxy) is 1. The molecule has 0 saturated carbocycles. The van der Waals surface area contributed by atoms with E-state index in [1.165, 1.54) is 12.1 Å². The van der Waals surface area contributed by atoms with Crippen LogP contribution in [0.4, 0.5) is 27.8 Å². The van der Waals surface area contributed by atoms with Crippen LogP contribution in [-0.2, 0) is 4.74 Å². The van der Waals surface area contributed by atoms with Crippen LogP contribution in [0, 0.1) is 12.7 Å². The fraction of sp³-hybridized carbons (Fsp3) is 0.462. The summed E-state index contributed by atoms with van der Waals surface area (Å²) in [5.41, 5.74) is 0.944. The molecule has 2 aromatic heterocycles. The average Bonchev–Trinajstić information content (AvgIpc) is 3.54. The van der Waals surface area contributed by atoms with Gasteiger partial charge in [0.05, 0.1) is 23.2 Å². The minimum absolute atomic E-state index is 0.000453. The number of aromatic nitrogens is 4. The van der Waals surface area contributed by atoms with E-state index in [0.717, 1.165) is 30.9 Å². The molecule has 0 spiro atoms. The molecule has 10 nitrogen and oxygen atoms in total. The van der Waals surface area contributed by atoms with E-state index >= 15 is 0 Å². The van der Waals surface area contributed by atoms with E-state index in [2.05, 4.69) is 25.7 Å². The first-order valence-corrected chi connectivity index (χ1v) is 13.2. The number of aromatic amines is 1. The molecule has 3 aromatic rings. The van der Waals surface area contributed by atoms with Crippen LogP contribution >= 0.6 is 11.6 Å². The molecule has 1 aromatic carbocycles. The van der Waals surface area contributed by atoms with Crippen molar-refractivity contribution in [2.75, 3.05) is 48.9 Å². The van der Waals surface area contributed by atoms with Crippen molar-refractivity contribution in [1.82, 2.24) is 25.1 Å². The van der Waals surface area contributed by atoms with Gasteiger partial charge in [0.1, 0.15) is 11.6 Å². The summed E-state index contributed by atoms with van der Waals surface area (Å²) in [5.74, 6) is 1.61. The van der Waals surface area contributed by atoms with Crippen LogP contribution in [0.1, 0.15) is 41.7 Å². The maximum atomic E-state index is 14.4. The molecule has 2 aliphatic heterocycles. The highest BCUT2D eigenvalue weighted by atomic mass is 35.5. The Hall–Kier alpha value is -3.44. The lowest BCUT2D eigenvalue weighted by Gasteiger charge is -2.33. The van der Waals surface area contributed by atoms with Gasteiger partial charge in [-0.05, 0) is 44.7 Å². The van der Waals surface area contributed by atoms with Crippen LogP contribution in [0.3, 0.4) is 0 Å². The number of halogens is 2. The predicted molar refractivity (Wildman–Crippen MR) is 145 cm³/mol. The molecule has 2 fully saturated rings. The summed E-state index contributed by atoms with van der Waals surface area (Å²) in [6.45, 7) is 4.44. The largest absolute Gasteiger partial charge is 0.383 e. The Labute approximate surface area is 225 Å². The van der Waals surface area contributed by atoms with Gasteiger partial charge in [-0.25, -0.2) is 4.39 Å². The van der Waals surface area contributed by atoms with Gasteiger partial charge in [-0.2, -0.15) is 15.1 Å². The number of rotatable bonds is 8. The number of hydrogen-bond acceptors (Lipinski definition) is 8. The Bertz CT molecular complexity index is 1280. The van der Waals surface area contributed by atoms with Gasteiger partial charge >= 0.3 is 0 Å². The van der Waals surface area contributed by atoms with Crippen molar-refractivity contribution in [2.45, 2.75) is 44.7 Å². The maximum Gasteiger partial charge on any atom is 0.256 e. The third-order valence-electron chi connectivity index (χ3n) is 7.00. The second-order valence-electron chi connectivity index (χ2n) is 9.75. The molecule has 1 amide bonds. The number of likely N-dealkylation sites (tertiary alicyclic amines) is 1. The Balaban J connectivity index is 1.30. The number of amides is 1. The van der Waals surface area contributed by atoms with Crippen molar-refractivity contribution in [1.29, 1.82) is 0 Å². The van der Waals surface area contributed by atoms with Crippen LogP contribution in [0.5, 0.6) is 0 Å². The van der Waals surface area contributed by atoms with Gasteiger partial charge < -0.3 is 25.2 Å². The average molecular weight is 543 g/mol. The first-order valence-electron chi connectivity index (χ1n) is 12.8. The number of nitrogens with zero attached hydrogens (tertiary/aromatic N) is 5. The highest BCUT2D eigenvalue weighted by Gasteiger charge is 2.29. The van der Waals surface area contributed by atoms with Crippen molar-refractivity contribution in [3.8, 4) is 0 Å². The van der Waals surface area contributed by atoms with E-state index in [0.29, 0.717) is 50.1 Å². The monoisotopic (exact) mass is 542 g/mol. The van der Waals surface area contributed by atoms with E-state index < -0.39 is 5.82 Å². The molecule has 2 aliphatic rings. The van der Waals surface area contributed by atoms with Crippen molar-refractivity contribution < 1.29 is 13.9 Å². The molecule has 202 valence electrons. The van der Waals surface area contributed by atoms with Crippen LogP contribution < -0.4 is 15.5 Å². The number of nitrogens with one attached hydrogen (secondary N) is 3. The third kappa shape index (κ3) is 5.83. The van der Waals surface area contributed by atoms with Gasteiger partial charge in [0, 0.05) is 50.6 Å². The van der Waals surface area contributed by atoms with E-state index in [1.54, 1.807) is 18.1 Å². The molecular formula is C26H32ClFN8O2. The number of methoxy groups -OCH3 is 1. The molecule has 4 heterocycles. The van der Waals surface area contributed by atoms with E-state index in [4.69, 9.17) is 26.3 Å². The van der Waals surface area contributed by atoms with Gasteiger partial charge in [0.15, 0.2) is 11.6 Å². The first kappa shape index (κ1) is 26.2. The van der Waals surface area contributed by atoms with Gasteiger partial charge in [-0.15, -0.1) is 0 Å². The fourth-order valence-corrected chi connectivity index (χ4v) is 5.25. The van der Waals surface area contributed by atoms with Crippen molar-refractivity contribution in [2.24, 2.45) is 0 Å². The molecule has 0 unspecified atom stereocenters. The normalized spacial score (nSPS) is 18.2. The number of anilines is 4. The maximum absolute atomic E-state index is 14.4. The zero-order valence-corrected chi connectivity index (χ0v) is 22.3. The Morgan fingerprint density at radius 3 is 2.74 bits per heavy atom. The number of carbonyl (C=O) groups excluding carboxylic acids is 1. The van der Waals surface area contributed by atoms with E-state index in [9.17, 15) is 9.18 Å². The van der Waals surface area contributed by atoms with Crippen LogP contribution in [0.15, 0.2) is 30.3 Å². The Morgan fingerprint density at radius 1 is 1.18 bits per heavy atom. The molecule has 1 atom stereocenters. The summed E-state index contributed by atoms with van der Waals surface area (Å²) in [6.07, 6.45) is 3.47. The highest BCUT2D eigenvalue weighted by molar-refractivity contribution is 6.31. The molecule has 0 radical (unpaired) electrons. The fourth-order valence-electron chi connectivity index (χ4n) is 5.08. The lowest BCUT2D eigenvalue weighted by Crippen LogP contribution is -2.43. The minimum atomic E-state index is -0.676. The molecule has 5 rings (SSSR count). The third-order valence-corrected chi connectivity index (χ3v) is 7.29. The van der Waals surface area contributed by atoms with Crippen molar-refractivity contribution in [3.05, 3.63) is 52.4 Å². The number of piperidine rings is 1. The predicted octanol–water partition coefficient (Wildman–Crippen LogP) is 4.38. The lowest BCUT2D eigenvalue weighted by molar-refractivity contribution is 0.0713. The Kier molecular flexibility index (Phi) is 7.94. The van der Waals surface area contributed by atoms with Crippen LogP contribution in [0.2, 0.25) is 5.02 Å². The topological polar surface area (TPSA) is 111 Å². The quantitative estimate of drug-likeness (QED) is 0.385. The number of H-pyrrole nitrogens is 1. The number of hydrogen-bond donors (Lipinski definition) is 3. The van der Waals surface area contributed by atoms with Crippen LogP contribution in [-0.4, -0.2) is 76.4 Å². The van der Waals surface area contributed by atoms with Gasteiger partial charge in [-0.1, -0.05) is 17.7 Å². The van der Waals surface area contributed by atoms with Crippen LogP contribution in [0.25, 0.3) is 0 Å². The van der Waals surface area contributed by atoms with Gasteiger partial charge in [0.2, 0.25) is 5.95 Å². The van der Waals surface area contributed by atoms with E-state index in [-0.39, 0.29) is 28.6 Å². The van der Waals surface area contributed by atoms with Gasteiger partial charge in [0.25, 0.3) is 5.91 Å². The number of benzene rings is 1. The molecule has 2 saturated heterocycles. The summed E-state index contributed by atoms with van der Waals surface area (Å²) in [6, 6.07) is 8.66.